The lowest BCUT2D eigenvalue weighted by Gasteiger charge is -2.19. The first-order chi connectivity index (χ1) is 13.5. The van der Waals surface area contributed by atoms with Gasteiger partial charge in [0.25, 0.3) is 0 Å². The molecule has 0 atom stereocenters. The Balaban J connectivity index is 1.78. The number of benzene rings is 5. The lowest BCUT2D eigenvalue weighted by Crippen LogP contribution is -2.10. The molecule has 0 bridgehead atoms. The summed E-state index contributed by atoms with van der Waals surface area (Å²) < 4.78 is 0. The van der Waals surface area contributed by atoms with E-state index < -0.39 is 0 Å². The molecule has 0 nitrogen and oxygen atoms in total. The summed E-state index contributed by atoms with van der Waals surface area (Å²) >= 11 is 0. The van der Waals surface area contributed by atoms with Gasteiger partial charge in [0.15, 0.2) is 0 Å². The maximum atomic E-state index is 2.36. The van der Waals surface area contributed by atoms with Gasteiger partial charge in [0.1, 0.15) is 0 Å². The summed E-state index contributed by atoms with van der Waals surface area (Å²) in [6.07, 6.45) is 0. The van der Waals surface area contributed by atoms with Crippen LogP contribution in [0.3, 0.4) is 0 Å². The Bertz CT molecular complexity index is 1280. The molecule has 5 aromatic carbocycles. The number of hydrogen-bond acceptors (Lipinski definition) is 0. The second kappa shape index (κ2) is 6.21. The van der Waals surface area contributed by atoms with E-state index in [1.54, 1.807) is 0 Å². The minimum Gasteiger partial charge on any atom is -0.0616 e. The molecule has 0 heterocycles. The highest BCUT2D eigenvalue weighted by Gasteiger charge is 2.14. The molecule has 136 valence electrons. The molecular formula is C28H24. The quantitative estimate of drug-likeness (QED) is 0.265. The SMILES string of the molecule is CC(C)(C)c1ccc(-c2ccc3c4ccccc4c4ccccc4c3c2)cc1. The standard InChI is InChI=1S/C28H24/c1-28(2,3)21-15-12-19(13-16-21)20-14-17-26-24-10-5-4-8-22(24)23-9-6-7-11-25(23)27(26)18-20/h4-18H,1-3H3. The first-order valence-electron chi connectivity index (χ1n) is 9.96. The van der Waals surface area contributed by atoms with Crippen molar-refractivity contribution >= 4 is 32.3 Å². The molecule has 0 amide bonds. The summed E-state index contributed by atoms with van der Waals surface area (Å²) in [4.78, 5) is 0. The van der Waals surface area contributed by atoms with E-state index in [2.05, 4.69) is 112 Å². The van der Waals surface area contributed by atoms with Gasteiger partial charge >= 0.3 is 0 Å². The number of hydrogen-bond donors (Lipinski definition) is 0. The van der Waals surface area contributed by atoms with Crippen molar-refractivity contribution in [3.05, 3.63) is 96.6 Å². The summed E-state index contributed by atoms with van der Waals surface area (Å²) in [5.74, 6) is 0. The third-order valence-electron chi connectivity index (χ3n) is 5.83. The minimum atomic E-state index is 0.178. The van der Waals surface area contributed by atoms with E-state index in [-0.39, 0.29) is 5.41 Å². The summed E-state index contributed by atoms with van der Waals surface area (Å²) in [6, 6.07) is 33.4. The predicted molar refractivity (Wildman–Crippen MR) is 123 cm³/mol. The Morgan fingerprint density at radius 3 is 1.36 bits per heavy atom. The Morgan fingerprint density at radius 1 is 0.429 bits per heavy atom. The molecule has 0 aliphatic rings. The monoisotopic (exact) mass is 360 g/mol. The molecule has 0 spiro atoms. The predicted octanol–water partition coefficient (Wildman–Crippen LogP) is 8.11. The molecule has 28 heavy (non-hydrogen) atoms. The molecule has 0 aliphatic heterocycles. The highest BCUT2D eigenvalue weighted by molar-refractivity contribution is 6.25. The first-order valence-corrected chi connectivity index (χ1v) is 9.96. The average molecular weight is 361 g/mol. The van der Waals surface area contributed by atoms with Crippen LogP contribution in [0.4, 0.5) is 0 Å². The third-order valence-corrected chi connectivity index (χ3v) is 5.83. The van der Waals surface area contributed by atoms with Gasteiger partial charge in [-0.3, -0.25) is 0 Å². The van der Waals surface area contributed by atoms with Crippen molar-refractivity contribution in [3.8, 4) is 11.1 Å². The number of fused-ring (bicyclic) bond motifs is 6. The van der Waals surface area contributed by atoms with Crippen molar-refractivity contribution in [1.82, 2.24) is 0 Å². The molecular weight excluding hydrogens is 336 g/mol. The van der Waals surface area contributed by atoms with Crippen LogP contribution in [0.25, 0.3) is 43.4 Å². The van der Waals surface area contributed by atoms with Gasteiger partial charge < -0.3 is 0 Å². The fourth-order valence-corrected chi connectivity index (χ4v) is 4.25. The zero-order chi connectivity index (χ0) is 19.3. The summed E-state index contributed by atoms with van der Waals surface area (Å²) in [5.41, 5.74) is 4.09. The molecule has 0 radical (unpaired) electrons. The fourth-order valence-electron chi connectivity index (χ4n) is 4.25. The third kappa shape index (κ3) is 2.68. The molecule has 0 heteroatoms. The molecule has 0 aromatic heterocycles. The Morgan fingerprint density at radius 2 is 0.857 bits per heavy atom. The molecule has 0 saturated carbocycles. The lowest BCUT2D eigenvalue weighted by molar-refractivity contribution is 0.590. The zero-order valence-electron chi connectivity index (χ0n) is 16.7. The van der Waals surface area contributed by atoms with Crippen molar-refractivity contribution in [2.75, 3.05) is 0 Å². The van der Waals surface area contributed by atoms with Crippen LogP contribution < -0.4 is 0 Å². The van der Waals surface area contributed by atoms with Gasteiger partial charge in [0.05, 0.1) is 0 Å². The smallest absolute Gasteiger partial charge is 0.00928 e. The van der Waals surface area contributed by atoms with Crippen LogP contribution in [-0.2, 0) is 5.41 Å². The van der Waals surface area contributed by atoms with Crippen LogP contribution in [-0.4, -0.2) is 0 Å². The highest BCUT2D eigenvalue weighted by atomic mass is 14.2. The van der Waals surface area contributed by atoms with Gasteiger partial charge in [-0.25, -0.2) is 0 Å². The van der Waals surface area contributed by atoms with Gasteiger partial charge in [-0.15, -0.1) is 0 Å². The fraction of sp³-hybridized carbons (Fsp3) is 0.143. The van der Waals surface area contributed by atoms with Crippen LogP contribution in [0, 0.1) is 0 Å². The van der Waals surface area contributed by atoms with Crippen molar-refractivity contribution in [1.29, 1.82) is 0 Å². The van der Waals surface area contributed by atoms with E-state index in [9.17, 15) is 0 Å². The van der Waals surface area contributed by atoms with Gasteiger partial charge in [0, 0.05) is 0 Å². The minimum absolute atomic E-state index is 0.178. The summed E-state index contributed by atoms with van der Waals surface area (Å²) in [6.45, 7) is 6.78. The molecule has 0 fully saturated rings. The van der Waals surface area contributed by atoms with E-state index in [4.69, 9.17) is 0 Å². The van der Waals surface area contributed by atoms with E-state index in [1.807, 2.05) is 0 Å². The van der Waals surface area contributed by atoms with Crippen molar-refractivity contribution in [3.63, 3.8) is 0 Å². The largest absolute Gasteiger partial charge is 0.0616 e. The number of rotatable bonds is 1. The molecule has 5 aromatic rings. The van der Waals surface area contributed by atoms with Crippen LogP contribution in [0.15, 0.2) is 91.0 Å². The first kappa shape index (κ1) is 17.0. The average Bonchev–Trinajstić information content (AvgIpc) is 2.73. The summed E-state index contributed by atoms with van der Waals surface area (Å²) in [5, 5.41) is 7.95. The molecule has 0 aliphatic carbocycles. The Kier molecular flexibility index (Phi) is 3.77. The van der Waals surface area contributed by atoms with E-state index in [0.717, 1.165) is 0 Å². The highest BCUT2D eigenvalue weighted by Crippen LogP contribution is 2.37. The van der Waals surface area contributed by atoms with Crippen LogP contribution >= 0.6 is 0 Å². The molecule has 0 unspecified atom stereocenters. The lowest BCUT2D eigenvalue weighted by atomic mass is 9.86. The summed E-state index contributed by atoms with van der Waals surface area (Å²) in [7, 11) is 0. The van der Waals surface area contributed by atoms with E-state index in [1.165, 1.54) is 49.0 Å². The van der Waals surface area contributed by atoms with E-state index in [0.29, 0.717) is 0 Å². The maximum Gasteiger partial charge on any atom is -0.00928 e. The molecule has 5 rings (SSSR count). The van der Waals surface area contributed by atoms with Gasteiger partial charge in [-0.05, 0) is 60.5 Å². The second-order valence-corrected chi connectivity index (χ2v) is 8.68. The Labute approximate surface area is 166 Å². The van der Waals surface area contributed by atoms with Gasteiger partial charge in [-0.1, -0.05) is 106 Å². The van der Waals surface area contributed by atoms with Gasteiger partial charge in [0.2, 0.25) is 0 Å². The molecule has 0 N–H and O–H groups in total. The Hall–Kier alpha value is -3.12. The van der Waals surface area contributed by atoms with Crippen LogP contribution in [0.5, 0.6) is 0 Å². The van der Waals surface area contributed by atoms with Crippen molar-refractivity contribution < 1.29 is 0 Å². The topological polar surface area (TPSA) is 0 Å². The van der Waals surface area contributed by atoms with Crippen molar-refractivity contribution in [2.24, 2.45) is 0 Å². The zero-order valence-corrected chi connectivity index (χ0v) is 16.7. The normalized spacial score (nSPS) is 12.1. The second-order valence-electron chi connectivity index (χ2n) is 8.68. The van der Waals surface area contributed by atoms with Crippen LogP contribution in [0.1, 0.15) is 26.3 Å². The molecule has 0 saturated heterocycles. The maximum absolute atomic E-state index is 2.36. The van der Waals surface area contributed by atoms with Crippen molar-refractivity contribution in [2.45, 2.75) is 26.2 Å². The van der Waals surface area contributed by atoms with E-state index >= 15 is 0 Å². The van der Waals surface area contributed by atoms with Crippen LogP contribution in [0.2, 0.25) is 0 Å². The van der Waals surface area contributed by atoms with Gasteiger partial charge in [-0.2, -0.15) is 0 Å².